The summed E-state index contributed by atoms with van der Waals surface area (Å²) in [4.78, 5) is 31.5. The number of aromatic nitrogens is 5. The summed E-state index contributed by atoms with van der Waals surface area (Å²) in [6.07, 6.45) is 0. The van der Waals surface area contributed by atoms with Crippen molar-refractivity contribution in [1.29, 1.82) is 0 Å². The Morgan fingerprint density at radius 2 is 1.92 bits per heavy atom. The number of carbonyl (C=O) groups is 1. The summed E-state index contributed by atoms with van der Waals surface area (Å²) in [6.45, 7) is 6.27. The zero-order chi connectivity index (χ0) is 26.8. The number of thioether (sulfide) groups is 1. The van der Waals surface area contributed by atoms with Crippen LogP contribution in [-0.4, -0.2) is 42.6 Å². The van der Waals surface area contributed by atoms with Gasteiger partial charge in [0.05, 0.1) is 18.0 Å². The highest BCUT2D eigenvalue weighted by atomic mass is 32.2. The number of H-pyrrole nitrogens is 1. The Labute approximate surface area is 231 Å². The number of ether oxygens (including phenoxy) is 1. The summed E-state index contributed by atoms with van der Waals surface area (Å²) in [5, 5.41) is 10.00. The van der Waals surface area contributed by atoms with Crippen LogP contribution in [0.15, 0.2) is 64.5 Å². The molecule has 5 aromatic rings. The molecular weight excluding hydrogens is 541 g/mol. The highest BCUT2D eigenvalue weighted by Crippen LogP contribution is 2.29. The fraction of sp³-hybridized carbons (Fsp3) is 0.192. The SMILES string of the molecule is CCOc1ccc(-n2c(=S)sc3c(=O)n(-c4ccccc4C)c(SCC(=O)Nc4cc(C)[nH]n4)nc32)cc1. The number of hydrogen-bond acceptors (Lipinski definition) is 8. The van der Waals surface area contributed by atoms with Gasteiger partial charge >= 0.3 is 0 Å². The van der Waals surface area contributed by atoms with Gasteiger partial charge in [-0.05, 0) is 68.9 Å². The lowest BCUT2D eigenvalue weighted by molar-refractivity contribution is -0.113. The molecule has 0 spiro atoms. The Hall–Kier alpha value is -3.74. The molecule has 194 valence electrons. The van der Waals surface area contributed by atoms with Crippen molar-refractivity contribution in [3.8, 4) is 17.1 Å². The van der Waals surface area contributed by atoms with Crippen LogP contribution in [0.2, 0.25) is 0 Å². The molecule has 0 radical (unpaired) electrons. The number of aromatic amines is 1. The number of fused-ring (bicyclic) bond motifs is 1. The van der Waals surface area contributed by atoms with Crippen LogP contribution in [0.1, 0.15) is 18.2 Å². The van der Waals surface area contributed by atoms with Crippen LogP contribution >= 0.6 is 35.3 Å². The fourth-order valence-electron chi connectivity index (χ4n) is 3.94. The van der Waals surface area contributed by atoms with Crippen molar-refractivity contribution in [3.05, 3.63) is 80.2 Å². The molecule has 2 aromatic carbocycles. The van der Waals surface area contributed by atoms with E-state index in [4.69, 9.17) is 21.9 Å². The standard InChI is InChI=1S/C26H24N6O3S3/c1-4-35-18-11-9-17(10-12-18)31-23-22(38-26(31)36)24(34)32(19-8-6-5-7-15(19)2)25(28-23)37-14-21(33)27-20-13-16(3)29-30-20/h5-13H,4,14H2,1-3H3,(H2,27,29,30,33). The minimum absolute atomic E-state index is 0.0314. The third kappa shape index (κ3) is 5.15. The molecule has 12 heteroatoms. The molecule has 5 rings (SSSR count). The van der Waals surface area contributed by atoms with E-state index in [9.17, 15) is 9.59 Å². The maximum atomic E-state index is 13.9. The summed E-state index contributed by atoms with van der Waals surface area (Å²) in [5.41, 5.74) is 3.42. The molecule has 2 N–H and O–H groups in total. The topological polar surface area (TPSA) is 107 Å². The van der Waals surface area contributed by atoms with E-state index in [1.165, 1.54) is 23.1 Å². The van der Waals surface area contributed by atoms with Gasteiger partial charge < -0.3 is 10.1 Å². The number of nitrogens with one attached hydrogen (secondary N) is 2. The van der Waals surface area contributed by atoms with Crippen molar-refractivity contribution < 1.29 is 9.53 Å². The van der Waals surface area contributed by atoms with Crippen molar-refractivity contribution >= 4 is 57.4 Å². The Balaban J connectivity index is 1.60. The van der Waals surface area contributed by atoms with E-state index in [0.717, 1.165) is 22.7 Å². The number of anilines is 1. The second kappa shape index (κ2) is 10.9. The predicted octanol–water partition coefficient (Wildman–Crippen LogP) is 5.44. The van der Waals surface area contributed by atoms with Crippen molar-refractivity contribution in [2.45, 2.75) is 25.9 Å². The number of para-hydroxylation sites is 1. The molecule has 0 aliphatic heterocycles. The first-order valence-electron chi connectivity index (χ1n) is 11.8. The van der Waals surface area contributed by atoms with Crippen LogP contribution in [-0.2, 0) is 4.79 Å². The minimum Gasteiger partial charge on any atom is -0.494 e. The molecule has 0 unspecified atom stereocenters. The van der Waals surface area contributed by atoms with Crippen LogP contribution in [0, 0.1) is 17.8 Å². The number of hydrogen-bond donors (Lipinski definition) is 2. The maximum Gasteiger partial charge on any atom is 0.278 e. The Kier molecular flexibility index (Phi) is 7.45. The van der Waals surface area contributed by atoms with E-state index in [1.807, 2.05) is 69.3 Å². The van der Waals surface area contributed by atoms with E-state index in [-0.39, 0.29) is 17.2 Å². The number of thiazole rings is 1. The lowest BCUT2D eigenvalue weighted by Crippen LogP contribution is -2.23. The first-order valence-corrected chi connectivity index (χ1v) is 14.0. The van der Waals surface area contributed by atoms with Gasteiger partial charge in [-0.15, -0.1) is 0 Å². The van der Waals surface area contributed by atoms with Gasteiger partial charge in [-0.1, -0.05) is 41.3 Å². The maximum absolute atomic E-state index is 13.9. The predicted molar refractivity (Wildman–Crippen MR) is 154 cm³/mol. The smallest absolute Gasteiger partial charge is 0.278 e. The van der Waals surface area contributed by atoms with Crippen LogP contribution in [0.5, 0.6) is 5.75 Å². The molecule has 3 heterocycles. The number of rotatable bonds is 8. The van der Waals surface area contributed by atoms with E-state index >= 15 is 0 Å². The van der Waals surface area contributed by atoms with Gasteiger partial charge in [-0.25, -0.2) is 4.98 Å². The largest absolute Gasteiger partial charge is 0.494 e. The van der Waals surface area contributed by atoms with Crippen molar-refractivity contribution in [1.82, 2.24) is 24.3 Å². The number of carbonyl (C=O) groups excluding carboxylic acids is 1. The molecule has 3 aromatic heterocycles. The zero-order valence-corrected chi connectivity index (χ0v) is 23.3. The summed E-state index contributed by atoms with van der Waals surface area (Å²) < 4.78 is 9.84. The van der Waals surface area contributed by atoms with E-state index in [0.29, 0.717) is 37.6 Å². The highest BCUT2D eigenvalue weighted by molar-refractivity contribution is 7.99. The molecule has 0 aliphatic rings. The average molecular weight is 565 g/mol. The third-order valence-electron chi connectivity index (χ3n) is 5.65. The van der Waals surface area contributed by atoms with Gasteiger partial charge in [-0.3, -0.25) is 23.8 Å². The molecule has 9 nitrogen and oxygen atoms in total. The molecule has 0 bridgehead atoms. The molecule has 0 saturated carbocycles. The molecular formula is C26H24N6O3S3. The van der Waals surface area contributed by atoms with Gasteiger partial charge in [-0.2, -0.15) is 5.10 Å². The van der Waals surface area contributed by atoms with Gasteiger partial charge in [0.2, 0.25) is 5.91 Å². The van der Waals surface area contributed by atoms with Gasteiger partial charge in [0, 0.05) is 17.4 Å². The summed E-state index contributed by atoms with van der Waals surface area (Å²) >= 11 is 8.06. The number of aryl methyl sites for hydroxylation is 2. The molecule has 38 heavy (non-hydrogen) atoms. The first kappa shape index (κ1) is 25.9. The zero-order valence-electron chi connectivity index (χ0n) is 20.8. The average Bonchev–Trinajstić information content (AvgIpc) is 3.46. The minimum atomic E-state index is -0.263. The molecule has 0 saturated heterocycles. The van der Waals surface area contributed by atoms with Gasteiger partial charge in [0.15, 0.2) is 20.6 Å². The quantitative estimate of drug-likeness (QED) is 0.147. The third-order valence-corrected chi connectivity index (χ3v) is 7.93. The number of nitrogens with zero attached hydrogens (tertiary/aromatic N) is 4. The molecule has 0 atom stereocenters. The number of amides is 1. The second-order valence-electron chi connectivity index (χ2n) is 8.38. The van der Waals surface area contributed by atoms with E-state index in [1.54, 1.807) is 15.2 Å². The Morgan fingerprint density at radius 3 is 2.61 bits per heavy atom. The van der Waals surface area contributed by atoms with E-state index in [2.05, 4.69) is 15.5 Å². The highest BCUT2D eigenvalue weighted by Gasteiger charge is 2.21. The Morgan fingerprint density at radius 1 is 1.16 bits per heavy atom. The monoisotopic (exact) mass is 564 g/mol. The van der Waals surface area contributed by atoms with Crippen molar-refractivity contribution in [2.24, 2.45) is 0 Å². The molecule has 1 amide bonds. The summed E-state index contributed by atoms with van der Waals surface area (Å²) in [5.74, 6) is 0.950. The molecule has 0 fully saturated rings. The fourth-order valence-corrected chi connectivity index (χ4v) is 6.04. The normalized spacial score (nSPS) is 11.1. The second-order valence-corrected chi connectivity index (χ2v) is 11.0. The van der Waals surface area contributed by atoms with Crippen LogP contribution in [0.3, 0.4) is 0 Å². The summed E-state index contributed by atoms with van der Waals surface area (Å²) in [7, 11) is 0. The Bertz CT molecular complexity index is 1750. The van der Waals surface area contributed by atoms with Gasteiger partial charge in [0.25, 0.3) is 5.56 Å². The van der Waals surface area contributed by atoms with Crippen molar-refractivity contribution in [2.75, 3.05) is 17.7 Å². The van der Waals surface area contributed by atoms with Crippen molar-refractivity contribution in [3.63, 3.8) is 0 Å². The van der Waals surface area contributed by atoms with E-state index < -0.39 is 0 Å². The lowest BCUT2D eigenvalue weighted by Gasteiger charge is -2.14. The lowest BCUT2D eigenvalue weighted by atomic mass is 10.2. The number of benzene rings is 2. The summed E-state index contributed by atoms with van der Waals surface area (Å²) in [6, 6.07) is 16.8. The van der Waals surface area contributed by atoms with Crippen LogP contribution in [0.4, 0.5) is 5.82 Å². The van der Waals surface area contributed by atoms with Crippen LogP contribution in [0.25, 0.3) is 21.7 Å². The first-order chi connectivity index (χ1) is 18.4. The van der Waals surface area contributed by atoms with Gasteiger partial charge in [0.1, 0.15) is 10.4 Å². The molecule has 0 aliphatic carbocycles. The van der Waals surface area contributed by atoms with Crippen LogP contribution < -0.4 is 15.6 Å².